The second-order valence-corrected chi connectivity index (χ2v) is 5.96. The molecular weight excluding hydrogens is 246 g/mol. The summed E-state index contributed by atoms with van der Waals surface area (Å²) >= 11 is 0. The van der Waals surface area contributed by atoms with E-state index in [9.17, 15) is 0 Å². The van der Waals surface area contributed by atoms with Crippen molar-refractivity contribution in [1.82, 2.24) is 9.47 Å². The van der Waals surface area contributed by atoms with Crippen LogP contribution < -0.4 is 5.73 Å². The number of rotatable bonds is 4. The molecule has 1 aliphatic rings. The zero-order valence-corrected chi connectivity index (χ0v) is 12.4. The maximum Gasteiger partial charge on any atom is 0.0485 e. The SMILES string of the molecule is CCCn1cc(CN2CCCCC2)c2cc(N)ccc21. The molecule has 0 radical (unpaired) electrons. The van der Waals surface area contributed by atoms with Crippen LogP contribution >= 0.6 is 0 Å². The molecular formula is C17H25N3. The largest absolute Gasteiger partial charge is 0.399 e. The van der Waals surface area contributed by atoms with Gasteiger partial charge in [0.15, 0.2) is 0 Å². The van der Waals surface area contributed by atoms with Crippen LogP contribution in [0.4, 0.5) is 5.69 Å². The first kappa shape index (κ1) is 13.5. The van der Waals surface area contributed by atoms with E-state index in [2.05, 4.69) is 34.7 Å². The highest BCUT2D eigenvalue weighted by Gasteiger charge is 2.14. The van der Waals surface area contributed by atoms with Crippen molar-refractivity contribution in [3.8, 4) is 0 Å². The molecule has 3 rings (SSSR count). The van der Waals surface area contributed by atoms with Crippen LogP contribution in [0.25, 0.3) is 10.9 Å². The summed E-state index contributed by atoms with van der Waals surface area (Å²) in [5.41, 5.74) is 9.61. The summed E-state index contributed by atoms with van der Waals surface area (Å²) < 4.78 is 2.38. The molecule has 1 fully saturated rings. The van der Waals surface area contributed by atoms with Crippen LogP contribution in [0.15, 0.2) is 24.4 Å². The number of fused-ring (bicyclic) bond motifs is 1. The Labute approximate surface area is 121 Å². The van der Waals surface area contributed by atoms with Gasteiger partial charge >= 0.3 is 0 Å². The molecule has 3 nitrogen and oxygen atoms in total. The average molecular weight is 271 g/mol. The summed E-state index contributed by atoms with van der Waals surface area (Å²) in [4.78, 5) is 2.58. The Morgan fingerprint density at radius 2 is 1.95 bits per heavy atom. The van der Waals surface area contributed by atoms with E-state index >= 15 is 0 Å². The fraction of sp³-hybridized carbons (Fsp3) is 0.529. The van der Waals surface area contributed by atoms with Crippen molar-refractivity contribution in [2.24, 2.45) is 0 Å². The Morgan fingerprint density at radius 3 is 2.70 bits per heavy atom. The van der Waals surface area contributed by atoms with Gasteiger partial charge in [0.05, 0.1) is 0 Å². The summed E-state index contributed by atoms with van der Waals surface area (Å²) in [6, 6.07) is 6.32. The van der Waals surface area contributed by atoms with Gasteiger partial charge in [-0.25, -0.2) is 0 Å². The van der Waals surface area contributed by atoms with Gasteiger partial charge in [0.25, 0.3) is 0 Å². The van der Waals surface area contributed by atoms with Gasteiger partial charge in [0.1, 0.15) is 0 Å². The Hall–Kier alpha value is -1.48. The number of nitrogens with zero attached hydrogens (tertiary/aromatic N) is 2. The fourth-order valence-electron chi connectivity index (χ4n) is 3.30. The number of piperidine rings is 1. The van der Waals surface area contributed by atoms with Crippen molar-refractivity contribution in [3.63, 3.8) is 0 Å². The third-order valence-electron chi connectivity index (χ3n) is 4.29. The summed E-state index contributed by atoms with van der Waals surface area (Å²) in [7, 11) is 0. The molecule has 0 unspecified atom stereocenters. The highest BCUT2D eigenvalue weighted by Crippen LogP contribution is 2.26. The lowest BCUT2D eigenvalue weighted by Crippen LogP contribution is -2.28. The van der Waals surface area contributed by atoms with E-state index in [4.69, 9.17) is 5.73 Å². The maximum atomic E-state index is 5.99. The number of likely N-dealkylation sites (tertiary alicyclic amines) is 1. The standard InChI is InChI=1S/C17H25N3/c1-2-8-20-13-14(12-19-9-4-3-5-10-19)16-11-15(18)6-7-17(16)20/h6-7,11,13H,2-5,8-10,12,18H2,1H3. The molecule has 1 aliphatic heterocycles. The summed E-state index contributed by atoms with van der Waals surface area (Å²) in [5, 5.41) is 1.34. The van der Waals surface area contributed by atoms with Gasteiger partial charge in [-0.15, -0.1) is 0 Å². The van der Waals surface area contributed by atoms with Crippen LogP contribution in [0.1, 0.15) is 38.2 Å². The zero-order valence-electron chi connectivity index (χ0n) is 12.4. The minimum Gasteiger partial charge on any atom is -0.399 e. The second kappa shape index (κ2) is 5.88. The van der Waals surface area contributed by atoms with E-state index in [1.54, 1.807) is 0 Å². The highest BCUT2D eigenvalue weighted by molar-refractivity contribution is 5.86. The number of hydrogen-bond donors (Lipinski definition) is 1. The molecule has 3 heteroatoms. The lowest BCUT2D eigenvalue weighted by atomic mass is 10.1. The lowest BCUT2D eigenvalue weighted by molar-refractivity contribution is 0.221. The second-order valence-electron chi connectivity index (χ2n) is 5.96. The number of hydrogen-bond acceptors (Lipinski definition) is 2. The Morgan fingerprint density at radius 1 is 1.15 bits per heavy atom. The molecule has 0 aliphatic carbocycles. The van der Waals surface area contributed by atoms with Crippen LogP contribution in [-0.2, 0) is 13.1 Å². The molecule has 0 saturated carbocycles. The molecule has 0 bridgehead atoms. The third kappa shape index (κ3) is 2.68. The molecule has 1 aromatic heterocycles. The smallest absolute Gasteiger partial charge is 0.0485 e. The summed E-state index contributed by atoms with van der Waals surface area (Å²) in [6.07, 6.45) is 7.58. The average Bonchev–Trinajstić information content (AvgIpc) is 2.78. The number of nitrogens with two attached hydrogens (primary N) is 1. The van der Waals surface area contributed by atoms with Gasteiger partial charge in [0.2, 0.25) is 0 Å². The zero-order chi connectivity index (χ0) is 13.9. The van der Waals surface area contributed by atoms with Gasteiger partial charge in [-0.1, -0.05) is 13.3 Å². The van der Waals surface area contributed by atoms with Gasteiger partial charge in [-0.3, -0.25) is 4.90 Å². The van der Waals surface area contributed by atoms with Gasteiger partial charge < -0.3 is 10.3 Å². The number of anilines is 1. The van der Waals surface area contributed by atoms with Crippen molar-refractivity contribution in [3.05, 3.63) is 30.0 Å². The van der Waals surface area contributed by atoms with Crippen LogP contribution in [0.2, 0.25) is 0 Å². The van der Waals surface area contributed by atoms with E-state index < -0.39 is 0 Å². The molecule has 2 N–H and O–H groups in total. The van der Waals surface area contributed by atoms with Crippen molar-refractivity contribution in [2.45, 2.75) is 45.7 Å². The van der Waals surface area contributed by atoms with Crippen LogP contribution in [-0.4, -0.2) is 22.6 Å². The molecule has 1 aromatic carbocycles. The molecule has 0 amide bonds. The van der Waals surface area contributed by atoms with Gasteiger partial charge in [0, 0.05) is 35.9 Å². The molecule has 108 valence electrons. The van der Waals surface area contributed by atoms with Crippen LogP contribution in [0.5, 0.6) is 0 Å². The predicted molar refractivity (Wildman–Crippen MR) is 85.8 cm³/mol. The van der Waals surface area contributed by atoms with Crippen molar-refractivity contribution in [2.75, 3.05) is 18.8 Å². The minimum atomic E-state index is 0.867. The fourth-order valence-corrected chi connectivity index (χ4v) is 3.30. The van der Waals surface area contributed by atoms with E-state index in [-0.39, 0.29) is 0 Å². The van der Waals surface area contributed by atoms with Crippen molar-refractivity contribution >= 4 is 16.6 Å². The Balaban J connectivity index is 1.93. The number of aryl methyl sites for hydroxylation is 1. The number of aromatic nitrogens is 1. The summed E-state index contributed by atoms with van der Waals surface area (Å²) in [5.74, 6) is 0. The van der Waals surface area contributed by atoms with Crippen molar-refractivity contribution in [1.29, 1.82) is 0 Å². The molecule has 2 heterocycles. The highest BCUT2D eigenvalue weighted by atomic mass is 15.1. The lowest BCUT2D eigenvalue weighted by Gasteiger charge is -2.26. The first-order valence-corrected chi connectivity index (χ1v) is 7.87. The molecule has 0 spiro atoms. The number of nitrogen functional groups attached to an aromatic ring is 1. The van der Waals surface area contributed by atoms with Crippen LogP contribution in [0, 0.1) is 0 Å². The summed E-state index contributed by atoms with van der Waals surface area (Å²) in [6.45, 7) is 6.86. The minimum absolute atomic E-state index is 0.867. The van der Waals surface area contributed by atoms with E-state index in [1.165, 1.54) is 48.8 Å². The first-order valence-electron chi connectivity index (χ1n) is 7.87. The Bertz CT molecular complexity index is 579. The first-order chi connectivity index (χ1) is 9.78. The number of benzene rings is 1. The van der Waals surface area contributed by atoms with E-state index in [1.807, 2.05) is 6.07 Å². The maximum absolute atomic E-state index is 5.99. The quantitative estimate of drug-likeness (QED) is 0.862. The molecule has 1 saturated heterocycles. The molecule has 0 atom stereocenters. The van der Waals surface area contributed by atoms with Crippen LogP contribution in [0.3, 0.4) is 0 Å². The normalized spacial score (nSPS) is 16.9. The third-order valence-corrected chi connectivity index (χ3v) is 4.29. The molecule has 20 heavy (non-hydrogen) atoms. The Kier molecular flexibility index (Phi) is 3.97. The molecule has 2 aromatic rings. The van der Waals surface area contributed by atoms with Crippen molar-refractivity contribution < 1.29 is 0 Å². The van der Waals surface area contributed by atoms with E-state index in [0.29, 0.717) is 0 Å². The van der Waals surface area contributed by atoms with Gasteiger partial charge in [-0.2, -0.15) is 0 Å². The monoisotopic (exact) mass is 271 g/mol. The van der Waals surface area contributed by atoms with E-state index in [0.717, 1.165) is 25.2 Å². The topological polar surface area (TPSA) is 34.2 Å². The predicted octanol–water partition coefficient (Wildman–Crippen LogP) is 3.62. The van der Waals surface area contributed by atoms with Gasteiger partial charge in [-0.05, 0) is 56.1 Å².